The first-order chi connectivity index (χ1) is 35.2. The lowest BCUT2D eigenvalue weighted by Crippen LogP contribution is -2.46. The van der Waals surface area contributed by atoms with E-state index in [1.54, 1.807) is 88.4 Å². The molecular weight excluding hydrogens is 1200 g/mol. The van der Waals surface area contributed by atoms with E-state index in [4.69, 9.17) is 80.9 Å². The van der Waals surface area contributed by atoms with Crippen molar-refractivity contribution < 1.29 is 33.6 Å². The van der Waals surface area contributed by atoms with E-state index in [1.807, 2.05) is 59.4 Å². The molecule has 7 aromatic rings. The summed E-state index contributed by atoms with van der Waals surface area (Å²) >= 11 is 35.9. The number of aromatic amines is 1. The van der Waals surface area contributed by atoms with Crippen molar-refractivity contribution in [3.63, 3.8) is 0 Å². The van der Waals surface area contributed by atoms with Crippen LogP contribution in [-0.4, -0.2) is 69.0 Å². The molecule has 0 aliphatic carbocycles. The first-order valence-electron chi connectivity index (χ1n) is 22.6. The van der Waals surface area contributed by atoms with Crippen molar-refractivity contribution in [3.05, 3.63) is 157 Å². The molecule has 10 rings (SSSR count). The zero-order chi connectivity index (χ0) is 55.4. The van der Waals surface area contributed by atoms with Gasteiger partial charge >= 0.3 is 0 Å². The molecule has 2 aromatic heterocycles. The lowest BCUT2D eigenvalue weighted by Gasteiger charge is -2.23. The number of rotatable bonds is 8. The summed E-state index contributed by atoms with van der Waals surface area (Å²) < 4.78 is 0.776. The highest BCUT2D eigenvalue weighted by atomic mass is 79.9. The SMILES string of the molecule is CC(C(N)=O)N1C(=O)C(Br)(Br)c2cc(Cl)ccc21.CC(C(N)=O)N1C(=O)Cc2cc(Cl)ccc21.CC(C(N)=O)N1C(=O)Cc2cc(Cl)ccc21.CC(C(N)=O)n1ccc2cc(Cl)ccc21.Clc1ccc2[nH]ccc2c1. The normalized spacial score (nSPS) is 15.3. The van der Waals surface area contributed by atoms with Crippen molar-refractivity contribution in [2.24, 2.45) is 22.9 Å². The van der Waals surface area contributed by atoms with Gasteiger partial charge in [-0.15, -0.1) is 0 Å². The van der Waals surface area contributed by atoms with Gasteiger partial charge in [0.2, 0.25) is 35.4 Å². The van der Waals surface area contributed by atoms with Gasteiger partial charge in [0.25, 0.3) is 5.91 Å². The summed E-state index contributed by atoms with van der Waals surface area (Å²) in [5.74, 6) is -2.49. The Kier molecular flexibility index (Phi) is 18.8. The average Bonchev–Trinajstić information content (AvgIpc) is 4.17. The molecule has 0 bridgehead atoms. The lowest BCUT2D eigenvalue weighted by molar-refractivity contribution is -0.123. The molecule has 0 radical (unpaired) electrons. The smallest absolute Gasteiger partial charge is 0.260 e. The highest BCUT2D eigenvalue weighted by Crippen LogP contribution is 2.51. The number of carbonyl (C=O) groups is 7. The second-order valence-electron chi connectivity index (χ2n) is 17.3. The van der Waals surface area contributed by atoms with Crippen LogP contribution in [0.3, 0.4) is 0 Å². The van der Waals surface area contributed by atoms with E-state index in [2.05, 4.69) is 36.8 Å². The van der Waals surface area contributed by atoms with Crippen LogP contribution in [0, 0.1) is 0 Å². The van der Waals surface area contributed by atoms with Crippen molar-refractivity contribution >= 4 is 170 Å². The number of benzene rings is 5. The maximum absolute atomic E-state index is 12.3. The minimum absolute atomic E-state index is 0.122. The minimum Gasteiger partial charge on any atom is -0.368 e. The number of nitrogens with one attached hydrogen (secondary N) is 1. The molecule has 3 aliphatic rings. The molecular formula is C52H48Br2Cl5N9O7. The molecule has 0 spiro atoms. The zero-order valence-corrected chi connectivity index (χ0v) is 47.2. The molecule has 5 aromatic carbocycles. The van der Waals surface area contributed by atoms with Gasteiger partial charge in [0.1, 0.15) is 24.2 Å². The molecule has 75 heavy (non-hydrogen) atoms. The largest absolute Gasteiger partial charge is 0.368 e. The van der Waals surface area contributed by atoms with Crippen molar-refractivity contribution in [1.82, 2.24) is 9.55 Å². The fourth-order valence-corrected chi connectivity index (χ4v) is 10.2. The lowest BCUT2D eigenvalue weighted by atomic mass is 10.1. The molecule has 5 heterocycles. The van der Waals surface area contributed by atoms with Crippen LogP contribution in [-0.2, 0) is 49.6 Å². The van der Waals surface area contributed by atoms with Gasteiger partial charge in [0, 0.05) is 76.3 Å². The Morgan fingerprint density at radius 3 is 1.43 bits per heavy atom. The van der Waals surface area contributed by atoms with Crippen molar-refractivity contribution in [3.8, 4) is 0 Å². The number of amides is 7. The third-order valence-corrected chi connectivity index (χ3v) is 15.0. The summed E-state index contributed by atoms with van der Waals surface area (Å²) in [6.45, 7) is 6.59. The quantitative estimate of drug-likeness (QED) is 0.0920. The standard InChI is InChI=1S/C11H9Br2ClN2O2.2C11H11ClN2O2.C11H11ClN2O.C8H6ClN/c1-5(9(15)17)16-8-3-2-6(14)4-7(8)11(12,13)10(16)18;2*1-6(11(13)16)14-9-3-2-8(12)4-7(9)5-10(14)15;1-7(11(13)15)14-5-4-8-6-9(12)2-3-10(8)14;9-7-1-2-8-6(5-7)3-4-10-8/h2-5H,1H3,(H2,15,17);2*2-4,6H,5H2,1H3,(H2,13,16);2-7H,1H3,(H2,13,15);1-5,10H. The number of carbonyl (C=O) groups excluding carboxylic acids is 7. The van der Waals surface area contributed by atoms with Crippen molar-refractivity contribution in [2.75, 3.05) is 14.7 Å². The number of nitrogens with two attached hydrogens (primary N) is 4. The maximum atomic E-state index is 12.3. The summed E-state index contributed by atoms with van der Waals surface area (Å²) in [6.07, 6.45) is 4.29. The van der Waals surface area contributed by atoms with E-state index in [1.165, 1.54) is 14.7 Å². The molecule has 7 amide bonds. The molecule has 0 saturated carbocycles. The molecule has 16 nitrogen and oxygen atoms in total. The Morgan fingerprint density at radius 2 is 0.933 bits per heavy atom. The maximum Gasteiger partial charge on any atom is 0.260 e. The van der Waals surface area contributed by atoms with Gasteiger partial charge in [0.05, 0.1) is 18.5 Å². The number of nitrogens with zero attached hydrogens (tertiary/aromatic N) is 4. The van der Waals surface area contributed by atoms with Crippen LogP contribution >= 0.6 is 89.9 Å². The first-order valence-corrected chi connectivity index (χ1v) is 26.1. The summed E-state index contributed by atoms with van der Waals surface area (Å²) in [7, 11) is 0. The number of alkyl halides is 2. The van der Waals surface area contributed by atoms with Crippen LogP contribution in [0.4, 0.5) is 17.1 Å². The molecule has 23 heteroatoms. The van der Waals surface area contributed by atoms with E-state index in [0.717, 1.165) is 49.3 Å². The number of halogens is 7. The van der Waals surface area contributed by atoms with Gasteiger partial charge in [-0.05, 0) is 142 Å². The Hall–Kier alpha value is -6.12. The molecule has 9 N–H and O–H groups in total. The highest BCUT2D eigenvalue weighted by molar-refractivity contribution is 9.25. The molecule has 392 valence electrons. The van der Waals surface area contributed by atoms with Gasteiger partial charge in [-0.25, -0.2) is 0 Å². The second kappa shape index (κ2) is 24.3. The van der Waals surface area contributed by atoms with Gasteiger partial charge in [-0.3, -0.25) is 48.3 Å². The fourth-order valence-electron chi connectivity index (χ4n) is 8.22. The van der Waals surface area contributed by atoms with Crippen molar-refractivity contribution in [1.29, 1.82) is 0 Å². The van der Waals surface area contributed by atoms with Gasteiger partial charge in [-0.2, -0.15) is 0 Å². The zero-order valence-electron chi connectivity index (χ0n) is 40.3. The van der Waals surface area contributed by atoms with Crippen molar-refractivity contribution in [2.45, 2.75) is 67.9 Å². The van der Waals surface area contributed by atoms with Crippen LogP contribution < -0.4 is 37.6 Å². The number of fused-ring (bicyclic) bond motifs is 5. The minimum atomic E-state index is -1.07. The Morgan fingerprint density at radius 1 is 0.520 bits per heavy atom. The third-order valence-electron chi connectivity index (χ3n) is 12.3. The number of hydrogen-bond acceptors (Lipinski definition) is 7. The number of anilines is 3. The monoisotopic (exact) mass is 1240 g/mol. The molecule has 4 unspecified atom stereocenters. The number of H-pyrrole nitrogens is 1. The number of primary amides is 4. The molecule has 0 saturated heterocycles. The van der Waals surface area contributed by atoms with E-state index >= 15 is 0 Å². The van der Waals surface area contributed by atoms with E-state index in [0.29, 0.717) is 31.3 Å². The summed E-state index contributed by atoms with van der Waals surface area (Å²) in [5, 5.41) is 5.32. The number of hydrogen-bond donors (Lipinski definition) is 5. The van der Waals surface area contributed by atoms with Crippen LogP contribution in [0.25, 0.3) is 21.8 Å². The van der Waals surface area contributed by atoms with Gasteiger partial charge < -0.3 is 32.5 Å². The van der Waals surface area contributed by atoms with Crippen LogP contribution in [0.15, 0.2) is 116 Å². The first kappa shape index (κ1) is 58.1. The summed E-state index contributed by atoms with van der Waals surface area (Å²) in [5.41, 5.74) is 27.4. The van der Waals surface area contributed by atoms with E-state index < -0.39 is 39.1 Å². The third kappa shape index (κ3) is 13.1. The van der Waals surface area contributed by atoms with Gasteiger partial charge in [0.15, 0.2) is 3.23 Å². The topological polar surface area (TPSA) is 254 Å². The van der Waals surface area contributed by atoms with Gasteiger partial charge in [-0.1, -0.05) is 89.9 Å². The molecule has 4 atom stereocenters. The summed E-state index contributed by atoms with van der Waals surface area (Å²) in [6, 6.07) is 28.3. The highest BCUT2D eigenvalue weighted by Gasteiger charge is 2.50. The van der Waals surface area contributed by atoms with Crippen LogP contribution in [0.5, 0.6) is 0 Å². The summed E-state index contributed by atoms with van der Waals surface area (Å²) in [4.78, 5) is 87.7. The second-order valence-corrected chi connectivity index (χ2v) is 22.9. The Labute approximate surface area is 472 Å². The van der Waals surface area contributed by atoms with E-state index in [-0.39, 0.29) is 42.5 Å². The predicted octanol–water partition coefficient (Wildman–Crippen LogP) is 9.87. The van der Waals surface area contributed by atoms with E-state index in [9.17, 15) is 33.6 Å². The number of aromatic nitrogens is 2. The molecule has 0 fully saturated rings. The predicted molar refractivity (Wildman–Crippen MR) is 304 cm³/mol. The molecule has 3 aliphatic heterocycles. The van der Waals surface area contributed by atoms with Crippen LogP contribution in [0.1, 0.15) is 50.4 Å². The van der Waals surface area contributed by atoms with Crippen LogP contribution in [0.2, 0.25) is 25.1 Å². The average molecular weight is 1250 g/mol. The Balaban J connectivity index is 0.000000154. The fraction of sp³-hybridized carbons (Fsp3) is 0.212. The Bertz CT molecular complexity index is 3300.